The molecule has 0 aromatic heterocycles. The van der Waals surface area contributed by atoms with Gasteiger partial charge >= 0.3 is 0 Å². The van der Waals surface area contributed by atoms with Crippen LogP contribution in [0.15, 0.2) is 48.5 Å². The van der Waals surface area contributed by atoms with Crippen molar-refractivity contribution in [2.24, 2.45) is 0 Å². The van der Waals surface area contributed by atoms with Gasteiger partial charge in [-0.05, 0) is 31.2 Å². The van der Waals surface area contributed by atoms with E-state index in [-0.39, 0.29) is 17.7 Å². The second-order valence-electron chi connectivity index (χ2n) is 5.68. The lowest BCUT2D eigenvalue weighted by atomic mass is 10.2. The molecule has 0 aliphatic carbocycles. The zero-order chi connectivity index (χ0) is 18.0. The molecule has 2 amide bonds. The van der Waals surface area contributed by atoms with Crippen LogP contribution in [0.5, 0.6) is 0 Å². The Bertz CT molecular complexity index is 815. The maximum absolute atomic E-state index is 14.1. The first kappa shape index (κ1) is 17.4. The Morgan fingerprint density at radius 3 is 2.68 bits per heavy atom. The van der Waals surface area contributed by atoms with Gasteiger partial charge < -0.3 is 10.2 Å². The van der Waals surface area contributed by atoms with Gasteiger partial charge in [0.15, 0.2) is 0 Å². The van der Waals surface area contributed by atoms with Crippen molar-refractivity contribution in [3.8, 4) is 0 Å². The van der Waals surface area contributed by atoms with Gasteiger partial charge in [0.25, 0.3) is 0 Å². The first-order valence-electron chi connectivity index (χ1n) is 7.71. The smallest absolute Gasteiger partial charge is 0.244 e. The average Bonchev–Trinajstić information content (AvgIpc) is 2.83. The molecule has 1 aliphatic heterocycles. The Hall–Kier alpha value is -2.41. The van der Waals surface area contributed by atoms with E-state index in [0.29, 0.717) is 11.3 Å². The Balaban J connectivity index is 1.77. The van der Waals surface area contributed by atoms with Gasteiger partial charge in [0.2, 0.25) is 11.8 Å². The van der Waals surface area contributed by atoms with Crippen molar-refractivity contribution in [3.05, 3.63) is 65.7 Å². The molecule has 130 valence electrons. The average molecular weight is 362 g/mol. The molecule has 7 heteroatoms. The van der Waals surface area contributed by atoms with Gasteiger partial charge in [-0.15, -0.1) is 11.8 Å². The van der Waals surface area contributed by atoms with Crippen molar-refractivity contribution in [1.82, 2.24) is 4.90 Å². The van der Waals surface area contributed by atoms with Crippen LogP contribution in [-0.2, 0) is 9.59 Å². The number of carbonyl (C=O) groups excluding carboxylic acids is 2. The molecule has 0 bridgehead atoms. The summed E-state index contributed by atoms with van der Waals surface area (Å²) >= 11 is 1.30. The number of rotatable bonds is 4. The number of anilines is 1. The fourth-order valence-electron chi connectivity index (χ4n) is 2.67. The van der Waals surface area contributed by atoms with Crippen molar-refractivity contribution < 1.29 is 18.4 Å². The van der Waals surface area contributed by atoms with Crippen molar-refractivity contribution in [2.45, 2.75) is 17.5 Å². The lowest BCUT2D eigenvalue weighted by molar-refractivity contribution is -0.133. The van der Waals surface area contributed by atoms with Gasteiger partial charge in [-0.3, -0.25) is 9.59 Å². The molecule has 1 fully saturated rings. The number of hydrogen-bond donors (Lipinski definition) is 1. The molecule has 2 atom stereocenters. The van der Waals surface area contributed by atoms with Crippen molar-refractivity contribution >= 4 is 29.3 Å². The summed E-state index contributed by atoms with van der Waals surface area (Å²) in [7, 11) is 0. The van der Waals surface area contributed by atoms with E-state index >= 15 is 0 Å². The Morgan fingerprint density at radius 2 is 1.96 bits per heavy atom. The number of amides is 2. The number of nitrogens with one attached hydrogen (secondary N) is 1. The number of nitrogens with zero attached hydrogens (tertiary/aromatic N) is 1. The van der Waals surface area contributed by atoms with Crippen LogP contribution < -0.4 is 5.32 Å². The van der Waals surface area contributed by atoms with Gasteiger partial charge in [0.1, 0.15) is 23.6 Å². The summed E-state index contributed by atoms with van der Waals surface area (Å²) < 4.78 is 27.3. The summed E-state index contributed by atoms with van der Waals surface area (Å²) in [5.74, 6) is -1.58. The number of hydrogen-bond acceptors (Lipinski definition) is 3. The van der Waals surface area contributed by atoms with Gasteiger partial charge in [0.05, 0.1) is 5.25 Å². The second kappa shape index (κ2) is 7.23. The summed E-state index contributed by atoms with van der Waals surface area (Å²) in [6, 6.07) is 11.7. The highest BCUT2D eigenvalue weighted by Crippen LogP contribution is 2.43. The molecular formula is C18H16F2N2O2S. The van der Waals surface area contributed by atoms with Crippen LogP contribution in [0.3, 0.4) is 0 Å². The SMILES string of the molecule is C[C@@H]1S[C@H](c2ccccc2F)N(CC(=O)Nc2cccc(F)c2)C1=O. The van der Waals surface area contributed by atoms with E-state index in [1.165, 1.54) is 40.9 Å². The highest BCUT2D eigenvalue weighted by Gasteiger charge is 2.40. The Kier molecular flexibility index (Phi) is 5.03. The fourth-order valence-corrected chi connectivity index (χ4v) is 3.97. The topological polar surface area (TPSA) is 49.4 Å². The van der Waals surface area contributed by atoms with Crippen LogP contribution >= 0.6 is 11.8 Å². The Morgan fingerprint density at radius 1 is 1.20 bits per heavy atom. The van der Waals surface area contributed by atoms with E-state index in [0.717, 1.165) is 0 Å². The first-order valence-corrected chi connectivity index (χ1v) is 8.66. The Labute approximate surface area is 148 Å². The molecule has 3 rings (SSSR count). The molecule has 1 heterocycles. The standard InChI is InChI=1S/C18H16F2N2O2S/c1-11-17(24)22(18(25-11)14-7-2-3-8-15(14)20)10-16(23)21-13-6-4-5-12(19)9-13/h2-9,11,18H,10H2,1H3,(H,21,23)/t11-,18+/m0/s1. The summed E-state index contributed by atoms with van der Waals surface area (Å²) in [5, 5.41) is 1.62. The van der Waals surface area contributed by atoms with Crippen molar-refractivity contribution in [1.29, 1.82) is 0 Å². The normalized spacial score (nSPS) is 20.0. The minimum Gasteiger partial charge on any atom is -0.324 e. The van der Waals surface area contributed by atoms with E-state index in [9.17, 15) is 18.4 Å². The highest BCUT2D eigenvalue weighted by molar-refractivity contribution is 8.01. The van der Waals surface area contributed by atoms with Gasteiger partial charge in [0, 0.05) is 11.3 Å². The lowest BCUT2D eigenvalue weighted by Crippen LogP contribution is -2.37. The molecule has 0 saturated carbocycles. The van der Waals surface area contributed by atoms with E-state index in [2.05, 4.69) is 5.32 Å². The molecule has 0 radical (unpaired) electrons. The maximum atomic E-state index is 14.1. The second-order valence-corrected chi connectivity index (χ2v) is 7.10. The van der Waals surface area contributed by atoms with E-state index < -0.39 is 22.9 Å². The molecule has 1 saturated heterocycles. The van der Waals surface area contributed by atoms with Crippen LogP contribution in [0.25, 0.3) is 0 Å². The summed E-state index contributed by atoms with van der Waals surface area (Å²) in [6.45, 7) is 1.50. The number of thioether (sulfide) groups is 1. The van der Waals surface area contributed by atoms with Crippen LogP contribution in [0.4, 0.5) is 14.5 Å². The number of halogens is 2. The van der Waals surface area contributed by atoms with E-state index in [1.54, 1.807) is 31.2 Å². The predicted molar refractivity (Wildman–Crippen MR) is 92.9 cm³/mol. The molecule has 0 unspecified atom stereocenters. The van der Waals surface area contributed by atoms with Gasteiger partial charge in [-0.25, -0.2) is 8.78 Å². The summed E-state index contributed by atoms with van der Waals surface area (Å²) in [6.07, 6.45) is 0. The lowest BCUT2D eigenvalue weighted by Gasteiger charge is -2.24. The molecule has 2 aromatic carbocycles. The van der Waals surface area contributed by atoms with Crippen LogP contribution in [0.1, 0.15) is 17.9 Å². The number of carbonyl (C=O) groups is 2. The molecule has 25 heavy (non-hydrogen) atoms. The third-order valence-corrected chi connectivity index (χ3v) is 5.22. The third-order valence-electron chi connectivity index (χ3n) is 3.84. The van der Waals surface area contributed by atoms with Crippen LogP contribution in [0, 0.1) is 11.6 Å². The van der Waals surface area contributed by atoms with E-state index in [4.69, 9.17) is 0 Å². The predicted octanol–water partition coefficient (Wildman–Crippen LogP) is 3.57. The van der Waals surface area contributed by atoms with Crippen molar-refractivity contribution in [2.75, 3.05) is 11.9 Å². The first-order chi connectivity index (χ1) is 12.0. The molecular weight excluding hydrogens is 346 g/mol. The fraction of sp³-hybridized carbons (Fsp3) is 0.222. The molecule has 1 aliphatic rings. The summed E-state index contributed by atoms with van der Waals surface area (Å²) in [4.78, 5) is 26.0. The monoisotopic (exact) mass is 362 g/mol. The van der Waals surface area contributed by atoms with E-state index in [1.807, 2.05) is 0 Å². The third kappa shape index (κ3) is 3.82. The van der Waals surface area contributed by atoms with Gasteiger partial charge in [-0.1, -0.05) is 24.3 Å². The largest absolute Gasteiger partial charge is 0.324 e. The molecule has 2 aromatic rings. The maximum Gasteiger partial charge on any atom is 0.244 e. The summed E-state index contributed by atoms with van der Waals surface area (Å²) in [5.41, 5.74) is 0.670. The minimum atomic E-state index is -0.568. The zero-order valence-electron chi connectivity index (χ0n) is 13.4. The van der Waals surface area contributed by atoms with Crippen molar-refractivity contribution in [3.63, 3.8) is 0 Å². The highest BCUT2D eigenvalue weighted by atomic mass is 32.2. The molecule has 1 N–H and O–H groups in total. The minimum absolute atomic E-state index is 0.229. The molecule has 0 spiro atoms. The van der Waals surface area contributed by atoms with Gasteiger partial charge in [-0.2, -0.15) is 0 Å². The molecule has 4 nitrogen and oxygen atoms in total. The quantitative estimate of drug-likeness (QED) is 0.905. The zero-order valence-corrected chi connectivity index (χ0v) is 14.2. The van der Waals surface area contributed by atoms with Crippen LogP contribution in [0.2, 0.25) is 0 Å². The van der Waals surface area contributed by atoms with Crippen LogP contribution in [-0.4, -0.2) is 28.5 Å². The number of benzene rings is 2.